The van der Waals surface area contributed by atoms with Crippen LogP contribution in [-0.4, -0.2) is 61.4 Å². The van der Waals surface area contributed by atoms with Gasteiger partial charge in [0.05, 0.1) is 26.2 Å². The maximum absolute atomic E-state index is 12.7. The number of ether oxygens (including phenoxy) is 3. The molecule has 0 radical (unpaired) electrons. The molecule has 9 nitrogen and oxygen atoms in total. The molecule has 1 aromatic heterocycles. The fraction of sp³-hybridized carbons (Fsp3) is 0.238. The van der Waals surface area contributed by atoms with E-state index in [-0.39, 0.29) is 29.1 Å². The first-order valence-corrected chi connectivity index (χ1v) is 10.5. The minimum atomic E-state index is -0.449. The van der Waals surface area contributed by atoms with Gasteiger partial charge in [-0.25, -0.2) is 4.98 Å². The molecule has 0 bridgehead atoms. The number of nitrogens with zero attached hydrogens (tertiary/aromatic N) is 2. The van der Waals surface area contributed by atoms with Gasteiger partial charge >= 0.3 is 0 Å². The molecule has 11 heteroatoms. The van der Waals surface area contributed by atoms with Gasteiger partial charge in [-0.2, -0.15) is 0 Å². The fourth-order valence-electron chi connectivity index (χ4n) is 2.96. The van der Waals surface area contributed by atoms with E-state index in [1.807, 2.05) is 0 Å². The highest BCUT2D eigenvalue weighted by Crippen LogP contribution is 2.40. The van der Waals surface area contributed by atoms with Crippen LogP contribution in [0, 0.1) is 0 Å². The van der Waals surface area contributed by atoms with Gasteiger partial charge in [-0.15, -0.1) is 0 Å². The highest BCUT2D eigenvalue weighted by atomic mass is 35.5. The predicted octanol–water partition coefficient (Wildman–Crippen LogP) is 3.23. The van der Waals surface area contributed by atoms with E-state index in [1.54, 1.807) is 18.2 Å². The van der Waals surface area contributed by atoms with E-state index in [9.17, 15) is 14.4 Å². The van der Waals surface area contributed by atoms with Crippen LogP contribution in [0.3, 0.4) is 0 Å². The SMILES string of the molecule is COc1cc(C=C2SC(=O)N(CCNC(=O)c3ccnc(Cl)c3)C2=O)cc(OC)c1OC. The Balaban J connectivity index is 1.69. The third-order valence-corrected chi connectivity index (χ3v) is 5.58. The first kappa shape index (κ1) is 23.4. The second kappa shape index (κ2) is 10.4. The molecule has 1 aromatic carbocycles. The molecule has 3 amide bonds. The molecular weight excluding hydrogens is 458 g/mol. The minimum Gasteiger partial charge on any atom is -0.493 e. The molecule has 2 aromatic rings. The zero-order valence-electron chi connectivity index (χ0n) is 17.5. The summed E-state index contributed by atoms with van der Waals surface area (Å²) in [5.74, 6) is 0.447. The number of rotatable bonds is 8. The van der Waals surface area contributed by atoms with Gasteiger partial charge in [0.15, 0.2) is 11.5 Å². The summed E-state index contributed by atoms with van der Waals surface area (Å²) in [4.78, 5) is 42.4. The number of benzene rings is 1. The number of methoxy groups -OCH3 is 3. The summed E-state index contributed by atoms with van der Waals surface area (Å²) < 4.78 is 15.9. The second-order valence-corrected chi connectivity index (χ2v) is 7.80. The van der Waals surface area contributed by atoms with E-state index in [4.69, 9.17) is 25.8 Å². The van der Waals surface area contributed by atoms with Crippen molar-refractivity contribution in [2.75, 3.05) is 34.4 Å². The molecule has 2 heterocycles. The van der Waals surface area contributed by atoms with Crippen molar-refractivity contribution in [2.24, 2.45) is 0 Å². The van der Waals surface area contributed by atoms with Gasteiger partial charge in [-0.3, -0.25) is 19.3 Å². The molecule has 32 heavy (non-hydrogen) atoms. The van der Waals surface area contributed by atoms with Crippen molar-refractivity contribution in [3.63, 3.8) is 0 Å². The average Bonchev–Trinajstić information content (AvgIpc) is 3.05. The van der Waals surface area contributed by atoms with Crippen LogP contribution in [0.25, 0.3) is 6.08 Å². The Morgan fingerprint density at radius 2 is 1.84 bits per heavy atom. The maximum Gasteiger partial charge on any atom is 0.293 e. The second-order valence-electron chi connectivity index (χ2n) is 6.42. The molecule has 1 aliphatic rings. The van der Waals surface area contributed by atoms with E-state index in [2.05, 4.69) is 10.3 Å². The molecule has 1 N–H and O–H groups in total. The average molecular weight is 478 g/mol. The summed E-state index contributed by atoms with van der Waals surface area (Å²) in [5.41, 5.74) is 0.939. The Hall–Kier alpha value is -3.24. The zero-order chi connectivity index (χ0) is 23.3. The van der Waals surface area contributed by atoms with Crippen molar-refractivity contribution in [1.29, 1.82) is 0 Å². The topological polar surface area (TPSA) is 107 Å². The highest BCUT2D eigenvalue weighted by Gasteiger charge is 2.34. The number of hydrogen-bond donors (Lipinski definition) is 1. The van der Waals surface area contributed by atoms with Gasteiger partial charge in [0.2, 0.25) is 5.75 Å². The van der Waals surface area contributed by atoms with Crippen molar-refractivity contribution < 1.29 is 28.6 Å². The quantitative estimate of drug-likeness (QED) is 0.456. The lowest BCUT2D eigenvalue weighted by Crippen LogP contribution is -2.37. The zero-order valence-corrected chi connectivity index (χ0v) is 19.1. The Bertz CT molecular complexity index is 1070. The van der Waals surface area contributed by atoms with Gasteiger partial charge in [0.1, 0.15) is 5.15 Å². The lowest BCUT2D eigenvalue weighted by atomic mass is 10.1. The van der Waals surface area contributed by atoms with Crippen LogP contribution in [0.15, 0.2) is 35.4 Å². The van der Waals surface area contributed by atoms with Crippen LogP contribution in [-0.2, 0) is 4.79 Å². The number of hydrogen-bond acceptors (Lipinski definition) is 8. The van der Waals surface area contributed by atoms with Crippen LogP contribution in [0.5, 0.6) is 17.2 Å². The molecule has 3 rings (SSSR count). The third kappa shape index (κ3) is 5.14. The molecule has 0 atom stereocenters. The largest absolute Gasteiger partial charge is 0.493 e. The van der Waals surface area contributed by atoms with Crippen molar-refractivity contribution in [2.45, 2.75) is 0 Å². The van der Waals surface area contributed by atoms with Crippen molar-refractivity contribution in [1.82, 2.24) is 15.2 Å². The summed E-state index contributed by atoms with van der Waals surface area (Å²) in [6.07, 6.45) is 2.99. The normalized spacial score (nSPS) is 14.6. The number of pyridine rings is 1. The summed E-state index contributed by atoms with van der Waals surface area (Å²) in [5, 5.41) is 2.43. The summed E-state index contributed by atoms with van der Waals surface area (Å²) in [6.45, 7) is 0.121. The fourth-order valence-corrected chi connectivity index (χ4v) is 3.99. The van der Waals surface area contributed by atoms with Crippen LogP contribution in [0.1, 0.15) is 15.9 Å². The summed E-state index contributed by atoms with van der Waals surface area (Å²) >= 11 is 6.60. The smallest absolute Gasteiger partial charge is 0.293 e. The van der Waals surface area contributed by atoms with Crippen LogP contribution in [0.4, 0.5) is 4.79 Å². The number of amides is 3. The number of nitrogens with one attached hydrogen (secondary N) is 1. The predicted molar refractivity (Wildman–Crippen MR) is 120 cm³/mol. The first-order valence-electron chi connectivity index (χ1n) is 9.33. The summed E-state index contributed by atoms with van der Waals surface area (Å²) in [6, 6.07) is 6.30. The Kier molecular flexibility index (Phi) is 7.60. The minimum absolute atomic E-state index is 0.0296. The molecule has 1 saturated heterocycles. The number of carbonyl (C=O) groups is 3. The number of halogens is 1. The van der Waals surface area contributed by atoms with Crippen LogP contribution in [0.2, 0.25) is 5.15 Å². The van der Waals surface area contributed by atoms with Gasteiger partial charge in [0, 0.05) is 24.8 Å². The number of aromatic nitrogens is 1. The number of imide groups is 1. The molecule has 1 aliphatic heterocycles. The van der Waals surface area contributed by atoms with Gasteiger partial charge in [-0.1, -0.05) is 11.6 Å². The number of thioether (sulfide) groups is 1. The summed E-state index contributed by atoms with van der Waals surface area (Å²) in [7, 11) is 4.47. The Morgan fingerprint density at radius 3 is 2.44 bits per heavy atom. The molecule has 168 valence electrons. The molecule has 0 aliphatic carbocycles. The van der Waals surface area contributed by atoms with Gasteiger partial charge in [0.25, 0.3) is 17.1 Å². The standard InChI is InChI=1S/C21H20ClN3O6S/c1-29-14-8-12(9-15(30-2)18(14)31-3)10-16-20(27)25(21(28)32-16)7-6-24-19(26)13-4-5-23-17(22)11-13/h4-5,8-11H,6-7H2,1-3H3,(H,24,26). The highest BCUT2D eigenvalue weighted by molar-refractivity contribution is 8.18. The van der Waals surface area contributed by atoms with E-state index in [0.29, 0.717) is 28.4 Å². The maximum atomic E-state index is 12.7. The lowest BCUT2D eigenvalue weighted by molar-refractivity contribution is -0.122. The van der Waals surface area contributed by atoms with E-state index in [0.717, 1.165) is 16.7 Å². The van der Waals surface area contributed by atoms with Crippen molar-refractivity contribution >= 4 is 46.5 Å². The molecule has 0 saturated carbocycles. The van der Waals surface area contributed by atoms with Gasteiger partial charge in [-0.05, 0) is 47.7 Å². The van der Waals surface area contributed by atoms with Crippen LogP contribution >= 0.6 is 23.4 Å². The van der Waals surface area contributed by atoms with E-state index in [1.165, 1.54) is 39.7 Å². The van der Waals surface area contributed by atoms with Gasteiger partial charge < -0.3 is 19.5 Å². The van der Waals surface area contributed by atoms with E-state index >= 15 is 0 Å². The lowest BCUT2D eigenvalue weighted by Gasteiger charge is -2.13. The monoisotopic (exact) mass is 477 g/mol. The van der Waals surface area contributed by atoms with Crippen molar-refractivity contribution in [3.8, 4) is 17.2 Å². The van der Waals surface area contributed by atoms with Crippen LogP contribution < -0.4 is 19.5 Å². The van der Waals surface area contributed by atoms with Crippen molar-refractivity contribution in [3.05, 3.63) is 51.6 Å². The molecule has 0 unspecified atom stereocenters. The first-order chi connectivity index (χ1) is 15.4. The Morgan fingerprint density at radius 1 is 1.16 bits per heavy atom. The third-order valence-electron chi connectivity index (χ3n) is 4.47. The molecule has 1 fully saturated rings. The Labute approximate surface area is 193 Å². The van der Waals surface area contributed by atoms with E-state index < -0.39 is 11.1 Å². The molecule has 0 spiro atoms. The number of carbonyl (C=O) groups excluding carboxylic acids is 3. The molecular formula is C21H20ClN3O6S.